The van der Waals surface area contributed by atoms with Gasteiger partial charge in [0.1, 0.15) is 22.7 Å². The molecule has 20 heavy (non-hydrogen) atoms. The van der Waals surface area contributed by atoms with Gasteiger partial charge in [0.15, 0.2) is 0 Å². The highest BCUT2D eigenvalue weighted by Crippen LogP contribution is 2.38. The molecule has 2 saturated heterocycles. The first-order valence-corrected chi connectivity index (χ1v) is 8.61. The van der Waals surface area contributed by atoms with Gasteiger partial charge < -0.3 is 4.90 Å². The molecule has 9 heteroatoms. The Hall–Kier alpha value is -1.51. The normalized spacial score (nSPS) is 29.6. The van der Waals surface area contributed by atoms with Gasteiger partial charge in [0.2, 0.25) is 5.91 Å². The van der Waals surface area contributed by atoms with E-state index in [9.17, 15) is 13.2 Å². The second-order valence-electron chi connectivity index (χ2n) is 5.62. The first kappa shape index (κ1) is 13.5. The fourth-order valence-corrected chi connectivity index (χ4v) is 4.50. The van der Waals surface area contributed by atoms with E-state index in [1.54, 1.807) is 0 Å². The molecule has 1 amide bonds. The summed E-state index contributed by atoms with van der Waals surface area (Å²) in [5, 5.41) is 10.4. The molecule has 0 aliphatic carbocycles. The van der Waals surface area contributed by atoms with Gasteiger partial charge in [-0.25, -0.2) is 13.1 Å². The molecule has 2 unspecified atom stereocenters. The zero-order valence-electron chi connectivity index (χ0n) is 11.2. The molecule has 2 bridgehead atoms. The molecule has 2 atom stereocenters. The predicted molar refractivity (Wildman–Crippen MR) is 69.3 cm³/mol. The minimum atomic E-state index is -3.03. The third-order valence-electron chi connectivity index (χ3n) is 4.27. The van der Waals surface area contributed by atoms with Crippen LogP contribution in [0.2, 0.25) is 0 Å². The maximum absolute atomic E-state index is 12.3. The molecule has 3 rings (SSSR count). The Morgan fingerprint density at radius 1 is 1.30 bits per heavy atom. The molecular formula is C11H17N5O3S. The number of hydrogen-bond acceptors (Lipinski definition) is 6. The van der Waals surface area contributed by atoms with E-state index in [1.807, 2.05) is 4.90 Å². The average Bonchev–Trinajstić information content (AvgIpc) is 2.94. The van der Waals surface area contributed by atoms with Crippen LogP contribution in [-0.4, -0.2) is 63.0 Å². The van der Waals surface area contributed by atoms with Gasteiger partial charge >= 0.3 is 0 Å². The number of hydrogen-bond donors (Lipinski definition) is 0. The SMILES string of the molecule is CS(=O)(=O)C1CC2CCC(C1)N2C(=O)Cn1cnnn1. The van der Waals surface area contributed by atoms with E-state index < -0.39 is 9.84 Å². The maximum Gasteiger partial charge on any atom is 0.244 e. The fourth-order valence-electron chi connectivity index (χ4n) is 3.36. The van der Waals surface area contributed by atoms with Gasteiger partial charge in [0.05, 0.1) is 5.25 Å². The average molecular weight is 299 g/mol. The van der Waals surface area contributed by atoms with Gasteiger partial charge in [0.25, 0.3) is 0 Å². The van der Waals surface area contributed by atoms with E-state index in [-0.39, 0.29) is 29.8 Å². The fraction of sp³-hybridized carbons (Fsp3) is 0.818. The summed E-state index contributed by atoms with van der Waals surface area (Å²) in [7, 11) is -3.03. The second kappa shape index (κ2) is 4.80. The van der Waals surface area contributed by atoms with E-state index in [0.29, 0.717) is 12.8 Å². The van der Waals surface area contributed by atoms with Gasteiger partial charge in [-0.15, -0.1) is 5.10 Å². The number of tetrazole rings is 1. The van der Waals surface area contributed by atoms with Crippen molar-refractivity contribution in [1.29, 1.82) is 0 Å². The summed E-state index contributed by atoms with van der Waals surface area (Å²) in [5.41, 5.74) is 0. The highest BCUT2D eigenvalue weighted by molar-refractivity contribution is 7.91. The number of amides is 1. The summed E-state index contributed by atoms with van der Waals surface area (Å²) in [4.78, 5) is 14.2. The van der Waals surface area contributed by atoms with E-state index in [2.05, 4.69) is 15.5 Å². The zero-order chi connectivity index (χ0) is 14.3. The molecule has 0 radical (unpaired) electrons. The van der Waals surface area contributed by atoms with Crippen molar-refractivity contribution in [3.63, 3.8) is 0 Å². The second-order valence-corrected chi connectivity index (χ2v) is 7.94. The number of nitrogens with zero attached hydrogens (tertiary/aromatic N) is 5. The van der Waals surface area contributed by atoms with Gasteiger partial charge in [-0.3, -0.25) is 4.79 Å². The molecule has 3 heterocycles. The number of piperidine rings is 1. The largest absolute Gasteiger partial charge is 0.335 e. The Kier molecular flexibility index (Phi) is 3.23. The van der Waals surface area contributed by atoms with Gasteiger partial charge in [-0.05, 0) is 36.1 Å². The molecule has 110 valence electrons. The van der Waals surface area contributed by atoms with Crippen LogP contribution in [0.4, 0.5) is 0 Å². The standard InChI is InChI=1S/C11H17N5O3S/c1-20(18,19)10-4-8-2-3-9(5-10)16(8)11(17)6-15-7-12-13-14-15/h7-10H,2-6H2,1H3. The smallest absolute Gasteiger partial charge is 0.244 e. The third kappa shape index (κ3) is 2.41. The minimum absolute atomic E-state index is 0.0308. The summed E-state index contributed by atoms with van der Waals surface area (Å²) in [6.07, 6.45) is 5.57. The van der Waals surface area contributed by atoms with Crippen molar-refractivity contribution in [3.05, 3.63) is 6.33 Å². The molecule has 8 nitrogen and oxygen atoms in total. The van der Waals surface area contributed by atoms with Gasteiger partial charge in [0, 0.05) is 18.3 Å². The van der Waals surface area contributed by atoms with Crippen molar-refractivity contribution in [2.75, 3.05) is 6.26 Å². The van der Waals surface area contributed by atoms with E-state index >= 15 is 0 Å². The van der Waals surface area contributed by atoms with Crippen LogP contribution in [0.15, 0.2) is 6.33 Å². The Morgan fingerprint density at radius 2 is 1.95 bits per heavy atom. The van der Waals surface area contributed by atoms with Gasteiger partial charge in [-0.1, -0.05) is 0 Å². The number of rotatable bonds is 3. The van der Waals surface area contributed by atoms with Crippen molar-refractivity contribution >= 4 is 15.7 Å². The van der Waals surface area contributed by atoms with Crippen molar-refractivity contribution in [2.45, 2.75) is 49.6 Å². The molecule has 2 fully saturated rings. The Balaban J connectivity index is 1.72. The van der Waals surface area contributed by atoms with E-state index in [1.165, 1.54) is 17.3 Å². The number of sulfone groups is 1. The monoisotopic (exact) mass is 299 g/mol. The molecule has 0 spiro atoms. The molecule has 2 aliphatic heterocycles. The molecular weight excluding hydrogens is 282 g/mol. The highest BCUT2D eigenvalue weighted by Gasteiger charge is 2.45. The quantitative estimate of drug-likeness (QED) is 0.727. The first-order chi connectivity index (χ1) is 9.45. The summed E-state index contributed by atoms with van der Waals surface area (Å²) in [5.74, 6) is -0.0308. The van der Waals surface area contributed by atoms with Crippen molar-refractivity contribution in [2.24, 2.45) is 0 Å². The lowest BCUT2D eigenvalue weighted by molar-refractivity contribution is -0.136. The summed E-state index contributed by atoms with van der Waals surface area (Å²) < 4.78 is 24.8. The molecule has 0 N–H and O–H groups in total. The molecule has 0 aromatic carbocycles. The number of carbonyl (C=O) groups excluding carboxylic acids is 1. The Labute approximate surface area is 117 Å². The predicted octanol–water partition coefficient (Wildman–Crippen LogP) is -0.760. The first-order valence-electron chi connectivity index (χ1n) is 6.66. The van der Waals surface area contributed by atoms with Crippen LogP contribution in [0.5, 0.6) is 0 Å². The van der Waals surface area contributed by atoms with Crippen LogP contribution in [0, 0.1) is 0 Å². The van der Waals surface area contributed by atoms with Crippen LogP contribution in [0.3, 0.4) is 0 Å². The van der Waals surface area contributed by atoms with Crippen molar-refractivity contribution < 1.29 is 13.2 Å². The van der Waals surface area contributed by atoms with Crippen LogP contribution in [0.25, 0.3) is 0 Å². The number of carbonyl (C=O) groups is 1. The minimum Gasteiger partial charge on any atom is -0.335 e. The van der Waals surface area contributed by atoms with Crippen molar-refractivity contribution in [3.8, 4) is 0 Å². The topological polar surface area (TPSA) is 98.1 Å². The molecule has 1 aromatic heterocycles. The molecule has 0 saturated carbocycles. The zero-order valence-corrected chi connectivity index (χ0v) is 12.0. The number of aromatic nitrogens is 4. The lowest BCUT2D eigenvalue weighted by Gasteiger charge is -2.38. The summed E-state index contributed by atoms with van der Waals surface area (Å²) >= 11 is 0. The van der Waals surface area contributed by atoms with Crippen LogP contribution in [0.1, 0.15) is 25.7 Å². The van der Waals surface area contributed by atoms with Gasteiger partial charge in [-0.2, -0.15) is 0 Å². The van der Waals surface area contributed by atoms with E-state index in [0.717, 1.165) is 12.8 Å². The molecule has 1 aromatic rings. The van der Waals surface area contributed by atoms with Crippen LogP contribution >= 0.6 is 0 Å². The maximum atomic E-state index is 12.3. The lowest BCUT2D eigenvalue weighted by Crippen LogP contribution is -2.50. The van der Waals surface area contributed by atoms with Crippen LogP contribution < -0.4 is 0 Å². The number of fused-ring (bicyclic) bond motifs is 2. The summed E-state index contributed by atoms with van der Waals surface area (Å²) in [6.45, 7) is 0.115. The third-order valence-corrected chi connectivity index (χ3v) is 5.87. The van der Waals surface area contributed by atoms with E-state index in [4.69, 9.17) is 0 Å². The summed E-state index contributed by atoms with van der Waals surface area (Å²) in [6, 6.07) is 0.0786. The highest BCUT2D eigenvalue weighted by atomic mass is 32.2. The Morgan fingerprint density at radius 3 is 2.45 bits per heavy atom. The molecule has 2 aliphatic rings. The Bertz CT molecular complexity index is 586. The van der Waals surface area contributed by atoms with Crippen LogP contribution in [-0.2, 0) is 21.2 Å². The van der Waals surface area contributed by atoms with Crippen molar-refractivity contribution in [1.82, 2.24) is 25.1 Å². The lowest BCUT2D eigenvalue weighted by atomic mass is 10.0.